The van der Waals surface area contributed by atoms with Gasteiger partial charge in [0.05, 0.1) is 12.7 Å². The molecule has 2 aromatic rings. The largest absolute Gasteiger partial charge is 0.377 e. The average Bonchev–Trinajstić information content (AvgIpc) is 2.74. The number of aromatic nitrogens is 1. The third-order valence-corrected chi connectivity index (χ3v) is 3.60. The van der Waals surface area contributed by atoms with Crippen molar-refractivity contribution in [2.75, 3.05) is 13.2 Å². The molecule has 0 saturated carbocycles. The predicted molar refractivity (Wildman–Crippen MR) is 88.0 cm³/mol. The topological polar surface area (TPSA) is 26.2 Å². The Morgan fingerprint density at radius 1 is 1.14 bits per heavy atom. The molecule has 0 bridgehead atoms. The van der Waals surface area contributed by atoms with E-state index in [1.54, 1.807) is 0 Å². The van der Waals surface area contributed by atoms with Crippen molar-refractivity contribution in [2.24, 2.45) is 0 Å². The molecule has 0 atom stereocenters. The van der Waals surface area contributed by atoms with Crippen LogP contribution in [0.1, 0.15) is 30.8 Å². The minimum Gasteiger partial charge on any atom is -0.377 e. The summed E-state index contributed by atoms with van der Waals surface area (Å²) >= 11 is 0. The highest BCUT2D eigenvalue weighted by Crippen LogP contribution is 2.20. The predicted octanol–water partition coefficient (Wildman–Crippen LogP) is 3.61. The molecule has 0 aliphatic heterocycles. The first-order valence-corrected chi connectivity index (χ1v) is 7.65. The summed E-state index contributed by atoms with van der Waals surface area (Å²) < 4.78 is 7.85. The molecule has 1 aromatic carbocycles. The first-order chi connectivity index (χ1) is 10.1. The fourth-order valence-corrected chi connectivity index (χ4v) is 2.57. The van der Waals surface area contributed by atoms with E-state index >= 15 is 0 Å². The smallest absolute Gasteiger partial charge is 0.0594 e. The highest BCUT2D eigenvalue weighted by Gasteiger charge is 2.09. The minimum atomic E-state index is 0.301. The molecule has 0 saturated heterocycles. The molecule has 114 valence electrons. The number of hydrogen-bond donors (Lipinski definition) is 1. The summed E-state index contributed by atoms with van der Waals surface area (Å²) in [5, 5.41) is 3.45. The molecule has 0 fully saturated rings. The summed E-state index contributed by atoms with van der Waals surface area (Å²) in [6.45, 7) is 11.0. The highest BCUT2D eigenvalue weighted by molar-refractivity contribution is 5.40. The van der Waals surface area contributed by atoms with Crippen molar-refractivity contribution in [3.8, 4) is 5.69 Å². The molecule has 1 heterocycles. The molecule has 3 heteroatoms. The molecule has 0 spiro atoms. The van der Waals surface area contributed by atoms with Gasteiger partial charge >= 0.3 is 0 Å². The quantitative estimate of drug-likeness (QED) is 0.787. The number of hydrogen-bond acceptors (Lipinski definition) is 2. The van der Waals surface area contributed by atoms with Gasteiger partial charge in [0.2, 0.25) is 0 Å². The zero-order valence-corrected chi connectivity index (χ0v) is 13.5. The molecule has 0 amide bonds. The molecule has 3 nitrogen and oxygen atoms in total. The Labute approximate surface area is 127 Å². The Kier molecular flexibility index (Phi) is 5.59. The summed E-state index contributed by atoms with van der Waals surface area (Å²) in [5.74, 6) is 0. The molecule has 2 rings (SSSR count). The molecule has 0 radical (unpaired) electrons. The van der Waals surface area contributed by atoms with Crippen molar-refractivity contribution in [3.05, 3.63) is 53.3 Å². The third kappa shape index (κ3) is 4.19. The van der Waals surface area contributed by atoms with Crippen molar-refractivity contribution in [3.63, 3.8) is 0 Å². The molecular formula is C18H26N2O. The Hall–Kier alpha value is -1.58. The first kappa shape index (κ1) is 15.8. The maximum absolute atomic E-state index is 5.54. The van der Waals surface area contributed by atoms with E-state index in [4.69, 9.17) is 4.74 Å². The highest BCUT2D eigenvalue weighted by atomic mass is 16.5. The summed E-state index contributed by atoms with van der Waals surface area (Å²) in [4.78, 5) is 0. The van der Waals surface area contributed by atoms with E-state index < -0.39 is 0 Å². The molecule has 0 unspecified atom stereocenters. The van der Waals surface area contributed by atoms with Crippen molar-refractivity contribution < 1.29 is 4.74 Å². The van der Waals surface area contributed by atoms with E-state index in [9.17, 15) is 0 Å². The molecule has 1 N–H and O–H groups in total. The van der Waals surface area contributed by atoms with Crippen LogP contribution in [0.5, 0.6) is 0 Å². The maximum atomic E-state index is 5.54. The van der Waals surface area contributed by atoms with Crippen LogP contribution in [0, 0.1) is 13.8 Å². The SMILES string of the molecule is Cc1cc(CNCCOC(C)C)c(C)n1-c1ccccc1. The van der Waals surface area contributed by atoms with Crippen molar-refractivity contribution >= 4 is 0 Å². The zero-order chi connectivity index (χ0) is 15.2. The summed E-state index contributed by atoms with van der Waals surface area (Å²) in [6, 6.07) is 12.8. The van der Waals surface area contributed by atoms with Gasteiger partial charge in [-0.3, -0.25) is 0 Å². The van der Waals surface area contributed by atoms with Crippen LogP contribution in [0.3, 0.4) is 0 Å². The van der Waals surface area contributed by atoms with Gasteiger partial charge in [-0.05, 0) is 51.5 Å². The van der Waals surface area contributed by atoms with Gasteiger partial charge in [-0.2, -0.15) is 0 Å². The van der Waals surface area contributed by atoms with Crippen molar-refractivity contribution in [2.45, 2.75) is 40.3 Å². The van der Waals surface area contributed by atoms with Crippen LogP contribution >= 0.6 is 0 Å². The zero-order valence-electron chi connectivity index (χ0n) is 13.5. The van der Waals surface area contributed by atoms with E-state index in [1.807, 2.05) is 0 Å². The lowest BCUT2D eigenvalue weighted by molar-refractivity contribution is 0.0807. The second-order valence-electron chi connectivity index (χ2n) is 5.66. The van der Waals surface area contributed by atoms with Gasteiger partial charge in [-0.15, -0.1) is 0 Å². The van der Waals surface area contributed by atoms with Crippen molar-refractivity contribution in [1.82, 2.24) is 9.88 Å². The number of ether oxygens (including phenoxy) is 1. The van der Waals surface area contributed by atoms with Crippen LogP contribution < -0.4 is 5.32 Å². The lowest BCUT2D eigenvalue weighted by atomic mass is 10.2. The fraction of sp³-hybridized carbons (Fsp3) is 0.444. The fourth-order valence-electron chi connectivity index (χ4n) is 2.57. The summed E-state index contributed by atoms with van der Waals surface area (Å²) in [5.41, 5.74) is 5.15. The monoisotopic (exact) mass is 286 g/mol. The van der Waals surface area contributed by atoms with Gasteiger partial charge in [-0.1, -0.05) is 18.2 Å². The van der Waals surface area contributed by atoms with Gasteiger partial charge in [0.25, 0.3) is 0 Å². The Bertz CT molecular complexity index is 558. The van der Waals surface area contributed by atoms with E-state index in [0.29, 0.717) is 6.10 Å². The van der Waals surface area contributed by atoms with E-state index in [0.717, 1.165) is 19.7 Å². The summed E-state index contributed by atoms with van der Waals surface area (Å²) in [6.07, 6.45) is 0.301. The number of nitrogens with zero attached hydrogens (tertiary/aromatic N) is 1. The van der Waals surface area contributed by atoms with Crippen LogP contribution in [0.2, 0.25) is 0 Å². The first-order valence-electron chi connectivity index (χ1n) is 7.65. The number of aryl methyl sites for hydroxylation is 1. The average molecular weight is 286 g/mol. The van der Waals surface area contributed by atoms with Crippen LogP contribution in [0.25, 0.3) is 5.69 Å². The molecule has 21 heavy (non-hydrogen) atoms. The Morgan fingerprint density at radius 2 is 1.86 bits per heavy atom. The van der Waals surface area contributed by atoms with E-state index in [-0.39, 0.29) is 0 Å². The Morgan fingerprint density at radius 3 is 2.52 bits per heavy atom. The lowest BCUT2D eigenvalue weighted by Crippen LogP contribution is -2.21. The maximum Gasteiger partial charge on any atom is 0.0594 e. The number of rotatable bonds is 7. The second-order valence-corrected chi connectivity index (χ2v) is 5.66. The normalized spacial score (nSPS) is 11.3. The van der Waals surface area contributed by atoms with Gasteiger partial charge in [0, 0.05) is 30.2 Å². The number of benzene rings is 1. The third-order valence-electron chi connectivity index (χ3n) is 3.60. The number of para-hydroxylation sites is 1. The van der Waals surface area contributed by atoms with Gasteiger partial charge in [0.1, 0.15) is 0 Å². The van der Waals surface area contributed by atoms with Gasteiger partial charge in [-0.25, -0.2) is 0 Å². The van der Waals surface area contributed by atoms with Crippen LogP contribution in [0.15, 0.2) is 36.4 Å². The van der Waals surface area contributed by atoms with Crippen LogP contribution in [-0.4, -0.2) is 23.8 Å². The van der Waals surface area contributed by atoms with E-state index in [2.05, 4.69) is 74.0 Å². The van der Waals surface area contributed by atoms with E-state index in [1.165, 1.54) is 22.6 Å². The number of nitrogens with one attached hydrogen (secondary N) is 1. The second kappa shape index (κ2) is 7.43. The lowest BCUT2D eigenvalue weighted by Gasteiger charge is -2.11. The minimum absolute atomic E-state index is 0.301. The molecule has 0 aliphatic carbocycles. The summed E-state index contributed by atoms with van der Waals surface area (Å²) in [7, 11) is 0. The van der Waals surface area contributed by atoms with Gasteiger partial charge in [0.15, 0.2) is 0 Å². The molecular weight excluding hydrogens is 260 g/mol. The van der Waals surface area contributed by atoms with Crippen LogP contribution in [-0.2, 0) is 11.3 Å². The van der Waals surface area contributed by atoms with Crippen LogP contribution in [0.4, 0.5) is 0 Å². The molecule has 0 aliphatic rings. The standard InChI is InChI=1S/C18H26N2O/c1-14(2)21-11-10-19-13-17-12-15(3)20(16(17)4)18-8-6-5-7-9-18/h5-9,12,14,19H,10-11,13H2,1-4H3. The van der Waals surface area contributed by atoms with Gasteiger partial charge < -0.3 is 14.6 Å². The Balaban J connectivity index is 1.99. The van der Waals surface area contributed by atoms with Crippen molar-refractivity contribution in [1.29, 1.82) is 0 Å². The molecule has 1 aromatic heterocycles.